The van der Waals surface area contributed by atoms with E-state index in [9.17, 15) is 13.2 Å². The maximum atomic E-state index is 13.6. The normalized spacial score (nSPS) is 12.1. The maximum absolute atomic E-state index is 13.6. The Labute approximate surface area is 206 Å². The zero-order valence-electron chi connectivity index (χ0n) is 20.6. The van der Waals surface area contributed by atoms with Gasteiger partial charge >= 0.3 is 10.1 Å². The fourth-order valence-corrected chi connectivity index (χ4v) is 5.54. The Morgan fingerprint density at radius 1 is 0.882 bits per heavy atom. The van der Waals surface area contributed by atoms with Gasteiger partial charge in [0.2, 0.25) is 5.88 Å². The van der Waals surface area contributed by atoms with Gasteiger partial charge < -0.3 is 4.18 Å². The average molecular weight is 503 g/mol. The van der Waals surface area contributed by atoms with Gasteiger partial charge in [0.25, 0.3) is 5.56 Å². The van der Waals surface area contributed by atoms with Gasteiger partial charge in [-0.05, 0) is 65.6 Å². The minimum atomic E-state index is -4.25. The molecule has 1 aromatic heterocycles. The van der Waals surface area contributed by atoms with Crippen LogP contribution in [-0.2, 0) is 10.1 Å². The van der Waals surface area contributed by atoms with Gasteiger partial charge in [0.05, 0.1) is 11.8 Å². The molecule has 2 aromatic carbocycles. The zero-order chi connectivity index (χ0) is 25.4. The van der Waals surface area contributed by atoms with Crippen molar-refractivity contribution in [3.05, 3.63) is 80.4 Å². The SMILES string of the molecule is Cc1nc(OS(=O)(=O)c2c(C(C)C)cc(C(C)C)cc2C(C)C)cc(=O)n1-c1ccc(Cl)cc1. The first kappa shape index (κ1) is 26.0. The van der Waals surface area contributed by atoms with Crippen molar-refractivity contribution >= 4 is 21.7 Å². The van der Waals surface area contributed by atoms with Crippen LogP contribution in [0.3, 0.4) is 0 Å². The molecule has 0 aliphatic heterocycles. The average Bonchev–Trinajstić information content (AvgIpc) is 2.73. The van der Waals surface area contributed by atoms with Crippen LogP contribution in [0.2, 0.25) is 5.02 Å². The third kappa shape index (κ3) is 5.36. The molecule has 3 rings (SSSR count). The van der Waals surface area contributed by atoms with E-state index >= 15 is 0 Å². The van der Waals surface area contributed by atoms with Gasteiger partial charge in [-0.2, -0.15) is 13.4 Å². The van der Waals surface area contributed by atoms with E-state index < -0.39 is 15.7 Å². The molecule has 1 heterocycles. The molecule has 0 atom stereocenters. The van der Waals surface area contributed by atoms with Crippen LogP contribution in [0.25, 0.3) is 5.69 Å². The highest BCUT2D eigenvalue weighted by Gasteiger charge is 2.29. The first-order chi connectivity index (χ1) is 15.8. The highest BCUT2D eigenvalue weighted by Crippen LogP contribution is 2.36. The molecule has 0 N–H and O–H groups in total. The molecule has 0 fully saturated rings. The third-order valence-corrected chi connectivity index (χ3v) is 7.29. The van der Waals surface area contributed by atoms with Gasteiger partial charge in [-0.25, -0.2) is 0 Å². The number of halogens is 1. The van der Waals surface area contributed by atoms with E-state index in [-0.39, 0.29) is 28.5 Å². The molecule has 0 spiro atoms. The maximum Gasteiger partial charge on any atom is 0.341 e. The molecule has 6 nitrogen and oxygen atoms in total. The number of hydrogen-bond acceptors (Lipinski definition) is 5. The molecular weight excluding hydrogens is 472 g/mol. The van der Waals surface area contributed by atoms with Gasteiger partial charge in [-0.15, -0.1) is 0 Å². The molecule has 0 saturated heterocycles. The molecular formula is C26H31ClN2O4S. The molecule has 0 amide bonds. The van der Waals surface area contributed by atoms with Crippen molar-refractivity contribution in [1.82, 2.24) is 9.55 Å². The van der Waals surface area contributed by atoms with E-state index in [1.54, 1.807) is 31.2 Å². The first-order valence-corrected chi connectivity index (χ1v) is 13.1. The van der Waals surface area contributed by atoms with Gasteiger partial charge in [0.15, 0.2) is 0 Å². The number of rotatable bonds is 7. The smallest absolute Gasteiger partial charge is 0.341 e. The minimum absolute atomic E-state index is 0.0443. The van der Waals surface area contributed by atoms with E-state index in [0.29, 0.717) is 27.7 Å². The van der Waals surface area contributed by atoms with Crippen LogP contribution in [0.15, 0.2) is 52.2 Å². The van der Waals surface area contributed by atoms with Crippen molar-refractivity contribution in [2.24, 2.45) is 0 Å². The number of aryl methyl sites for hydroxylation is 1. The standard InChI is InChI=1S/C26H31ClN2O4S/c1-15(2)19-12-22(16(3)4)26(23(13-19)17(5)6)34(31,32)33-24-14-25(30)29(18(7)28-24)21-10-8-20(27)9-11-21/h8-17H,1-7H3. The second-order valence-corrected chi connectivity index (χ2v) is 11.2. The van der Waals surface area contributed by atoms with Gasteiger partial charge in [-0.1, -0.05) is 65.3 Å². The van der Waals surface area contributed by atoms with Crippen LogP contribution in [0.4, 0.5) is 0 Å². The highest BCUT2D eigenvalue weighted by atomic mass is 35.5. The van der Waals surface area contributed by atoms with E-state index in [0.717, 1.165) is 11.6 Å². The van der Waals surface area contributed by atoms with Gasteiger partial charge in [0.1, 0.15) is 10.7 Å². The quantitative estimate of drug-likeness (QED) is 0.352. The first-order valence-electron chi connectivity index (χ1n) is 11.3. The van der Waals surface area contributed by atoms with Gasteiger partial charge in [0, 0.05) is 5.02 Å². The molecule has 34 heavy (non-hydrogen) atoms. The molecule has 0 aliphatic carbocycles. The van der Waals surface area contributed by atoms with E-state index in [1.165, 1.54) is 4.57 Å². The van der Waals surface area contributed by atoms with Crippen LogP contribution < -0.4 is 9.74 Å². The lowest BCUT2D eigenvalue weighted by molar-refractivity contribution is 0.469. The molecule has 3 aromatic rings. The zero-order valence-corrected chi connectivity index (χ0v) is 22.2. The molecule has 0 saturated carbocycles. The second-order valence-electron chi connectivity index (χ2n) is 9.32. The largest absolute Gasteiger partial charge is 0.358 e. The van der Waals surface area contributed by atoms with Crippen LogP contribution in [0.1, 0.15) is 81.8 Å². The van der Waals surface area contributed by atoms with Crippen LogP contribution in [-0.4, -0.2) is 18.0 Å². The number of hydrogen-bond donors (Lipinski definition) is 0. The summed E-state index contributed by atoms with van der Waals surface area (Å²) in [5, 5.41) is 0.541. The number of nitrogens with zero attached hydrogens (tertiary/aromatic N) is 2. The fraction of sp³-hybridized carbons (Fsp3) is 0.385. The molecule has 8 heteroatoms. The summed E-state index contributed by atoms with van der Waals surface area (Å²) >= 11 is 5.94. The van der Waals surface area contributed by atoms with Crippen LogP contribution in [0, 0.1) is 6.92 Å². The Kier molecular flexibility index (Phi) is 7.58. The monoisotopic (exact) mass is 502 g/mol. The van der Waals surface area contributed by atoms with Gasteiger partial charge in [-0.3, -0.25) is 9.36 Å². The summed E-state index contributed by atoms with van der Waals surface area (Å²) in [5.41, 5.74) is 2.58. The summed E-state index contributed by atoms with van der Waals surface area (Å²) in [6.45, 7) is 13.6. The van der Waals surface area contributed by atoms with Crippen molar-refractivity contribution in [3.63, 3.8) is 0 Å². The fourth-order valence-electron chi connectivity index (χ4n) is 3.85. The number of aromatic nitrogens is 2. The Morgan fingerprint density at radius 3 is 1.85 bits per heavy atom. The minimum Gasteiger partial charge on any atom is -0.358 e. The third-order valence-electron chi connectivity index (χ3n) is 5.67. The summed E-state index contributed by atoms with van der Waals surface area (Å²) in [6, 6.07) is 11.7. The van der Waals surface area contributed by atoms with E-state index in [4.69, 9.17) is 15.8 Å². The van der Waals surface area contributed by atoms with E-state index in [2.05, 4.69) is 18.8 Å². The number of benzene rings is 2. The second kappa shape index (κ2) is 9.92. The Hall–Kier alpha value is -2.64. The lowest BCUT2D eigenvalue weighted by atomic mass is 9.89. The summed E-state index contributed by atoms with van der Waals surface area (Å²) < 4.78 is 34.0. The van der Waals surface area contributed by atoms with Crippen molar-refractivity contribution in [2.75, 3.05) is 0 Å². The van der Waals surface area contributed by atoms with Crippen molar-refractivity contribution in [1.29, 1.82) is 0 Å². The summed E-state index contributed by atoms with van der Waals surface area (Å²) in [7, 11) is -4.25. The Balaban J connectivity index is 2.12. The van der Waals surface area contributed by atoms with Crippen LogP contribution >= 0.6 is 11.6 Å². The lowest BCUT2D eigenvalue weighted by Gasteiger charge is -2.22. The lowest BCUT2D eigenvalue weighted by Crippen LogP contribution is -2.23. The molecule has 0 unspecified atom stereocenters. The summed E-state index contributed by atoms with van der Waals surface area (Å²) in [5.74, 6) is 0.195. The molecule has 0 aliphatic rings. The predicted octanol–water partition coefficient (Wildman–Crippen LogP) is 6.33. The van der Waals surface area contributed by atoms with Crippen molar-refractivity contribution < 1.29 is 12.6 Å². The summed E-state index contributed by atoms with van der Waals surface area (Å²) in [4.78, 5) is 17.3. The topological polar surface area (TPSA) is 78.3 Å². The highest BCUT2D eigenvalue weighted by molar-refractivity contribution is 7.87. The summed E-state index contributed by atoms with van der Waals surface area (Å²) in [6.07, 6.45) is 0. The Bertz CT molecular complexity index is 1330. The Morgan fingerprint density at radius 2 is 1.41 bits per heavy atom. The predicted molar refractivity (Wildman–Crippen MR) is 136 cm³/mol. The molecule has 182 valence electrons. The van der Waals surface area contributed by atoms with Crippen LogP contribution in [0.5, 0.6) is 5.88 Å². The molecule has 0 radical (unpaired) electrons. The van der Waals surface area contributed by atoms with Crippen molar-refractivity contribution in [3.8, 4) is 11.6 Å². The van der Waals surface area contributed by atoms with Crippen molar-refractivity contribution in [2.45, 2.75) is 71.1 Å². The molecule has 0 bridgehead atoms. The van der Waals surface area contributed by atoms with E-state index in [1.807, 2.05) is 39.8 Å².